The van der Waals surface area contributed by atoms with Crippen LogP contribution in [0.2, 0.25) is 5.02 Å². The molecule has 0 fully saturated rings. The first-order chi connectivity index (χ1) is 13.4. The van der Waals surface area contributed by atoms with Crippen LogP contribution in [0.3, 0.4) is 0 Å². The lowest BCUT2D eigenvalue weighted by Gasteiger charge is -2.33. The monoisotopic (exact) mass is 404 g/mol. The highest BCUT2D eigenvalue weighted by atomic mass is 35.5. The minimum atomic E-state index is -0.892. The number of phenolic OH excluding ortho intramolecular Hbond substituents is 1. The van der Waals surface area contributed by atoms with Crippen molar-refractivity contribution in [2.45, 2.75) is 6.10 Å². The average Bonchev–Trinajstić information content (AvgIpc) is 2.71. The van der Waals surface area contributed by atoms with Gasteiger partial charge in [-0.15, -0.1) is 0 Å². The number of likely N-dealkylation sites (N-methyl/N-ethyl adjacent to an activating group) is 1. The Hall–Kier alpha value is -3.26. The Morgan fingerprint density at radius 3 is 2.79 bits per heavy atom. The second kappa shape index (κ2) is 8.18. The zero-order valence-corrected chi connectivity index (χ0v) is 15.6. The fourth-order valence-electron chi connectivity index (χ4n) is 2.72. The molecule has 1 atom stereocenters. The Morgan fingerprint density at radius 2 is 2.04 bits per heavy atom. The van der Waals surface area contributed by atoms with Crippen LogP contribution < -0.4 is 15.0 Å². The minimum absolute atomic E-state index is 0.0323. The number of para-hydroxylation sites is 2. The van der Waals surface area contributed by atoms with E-state index in [1.807, 2.05) is 0 Å². The third-order valence-electron chi connectivity index (χ3n) is 4.12. The van der Waals surface area contributed by atoms with E-state index in [9.17, 15) is 19.5 Å². The molecule has 2 N–H and O–H groups in total. The number of aromatic hydroxyl groups is 1. The number of esters is 1. The molecule has 2 amide bonds. The molecule has 1 unspecified atom stereocenters. The molecule has 0 aliphatic carbocycles. The molecule has 0 saturated heterocycles. The zero-order valence-electron chi connectivity index (χ0n) is 14.8. The summed E-state index contributed by atoms with van der Waals surface area (Å²) in [5, 5.41) is 12.5. The second-order valence-electron chi connectivity index (χ2n) is 5.93. The van der Waals surface area contributed by atoms with Gasteiger partial charge in [0.2, 0.25) is 0 Å². The maximum Gasteiger partial charge on any atom is 0.342 e. The van der Waals surface area contributed by atoms with E-state index in [0.717, 1.165) is 0 Å². The quantitative estimate of drug-likeness (QED) is 0.752. The van der Waals surface area contributed by atoms with Crippen molar-refractivity contribution < 1.29 is 29.0 Å². The van der Waals surface area contributed by atoms with Crippen LogP contribution in [0.5, 0.6) is 11.5 Å². The van der Waals surface area contributed by atoms with Crippen molar-refractivity contribution in [2.24, 2.45) is 0 Å². The summed E-state index contributed by atoms with van der Waals surface area (Å²) in [6.07, 6.45) is -0.892. The number of ether oxygens (including phenoxy) is 2. The smallest absolute Gasteiger partial charge is 0.342 e. The number of carbonyl (C=O) groups is 3. The number of halogens is 1. The molecule has 1 aliphatic heterocycles. The molecule has 28 heavy (non-hydrogen) atoms. The highest BCUT2D eigenvalue weighted by Crippen LogP contribution is 2.33. The summed E-state index contributed by atoms with van der Waals surface area (Å²) in [7, 11) is 1.47. The third kappa shape index (κ3) is 4.01. The SMILES string of the molecule is CNC(=O)C1CN(C(=O)COC(=O)c2cc(Cl)ccc2O)c2ccccc2O1. The third-order valence-corrected chi connectivity index (χ3v) is 4.35. The van der Waals surface area contributed by atoms with Crippen LogP contribution in [0, 0.1) is 0 Å². The van der Waals surface area contributed by atoms with Crippen LogP contribution in [-0.2, 0) is 14.3 Å². The first-order valence-electron chi connectivity index (χ1n) is 8.34. The molecule has 0 radical (unpaired) electrons. The number of amides is 2. The zero-order chi connectivity index (χ0) is 20.3. The molecule has 2 aromatic rings. The number of hydrogen-bond donors (Lipinski definition) is 2. The van der Waals surface area contributed by atoms with E-state index in [1.54, 1.807) is 24.3 Å². The Morgan fingerprint density at radius 1 is 1.29 bits per heavy atom. The lowest BCUT2D eigenvalue weighted by Crippen LogP contribution is -2.51. The van der Waals surface area contributed by atoms with Gasteiger partial charge in [0, 0.05) is 12.1 Å². The molecule has 3 rings (SSSR count). The number of nitrogens with one attached hydrogen (secondary N) is 1. The van der Waals surface area contributed by atoms with E-state index in [4.69, 9.17) is 21.1 Å². The molecule has 0 bridgehead atoms. The van der Waals surface area contributed by atoms with Crippen molar-refractivity contribution in [1.29, 1.82) is 0 Å². The normalized spacial score (nSPS) is 15.2. The minimum Gasteiger partial charge on any atom is -0.507 e. The van der Waals surface area contributed by atoms with Gasteiger partial charge in [0.05, 0.1) is 12.2 Å². The topological polar surface area (TPSA) is 105 Å². The maximum atomic E-state index is 12.7. The van der Waals surface area contributed by atoms with Gasteiger partial charge in [-0.2, -0.15) is 0 Å². The summed E-state index contributed by atoms with van der Waals surface area (Å²) in [5.74, 6) is -1.75. The number of rotatable bonds is 4. The van der Waals surface area contributed by atoms with Gasteiger partial charge in [-0.3, -0.25) is 9.59 Å². The van der Waals surface area contributed by atoms with Gasteiger partial charge in [0.1, 0.15) is 17.1 Å². The maximum absolute atomic E-state index is 12.7. The Bertz CT molecular complexity index is 932. The van der Waals surface area contributed by atoms with E-state index in [0.29, 0.717) is 11.4 Å². The summed E-state index contributed by atoms with van der Waals surface area (Å²) in [4.78, 5) is 38.1. The largest absolute Gasteiger partial charge is 0.507 e. The van der Waals surface area contributed by atoms with Crippen molar-refractivity contribution in [3.8, 4) is 11.5 Å². The number of hydrogen-bond acceptors (Lipinski definition) is 6. The van der Waals surface area contributed by atoms with Gasteiger partial charge < -0.3 is 24.8 Å². The van der Waals surface area contributed by atoms with Gasteiger partial charge in [-0.05, 0) is 30.3 Å². The fourth-order valence-corrected chi connectivity index (χ4v) is 2.89. The van der Waals surface area contributed by atoms with E-state index in [2.05, 4.69) is 5.32 Å². The van der Waals surface area contributed by atoms with Crippen LogP contribution in [-0.4, -0.2) is 49.2 Å². The van der Waals surface area contributed by atoms with Gasteiger partial charge in [-0.25, -0.2) is 4.79 Å². The molecular weight excluding hydrogens is 388 g/mol. The number of benzene rings is 2. The van der Waals surface area contributed by atoms with Crippen molar-refractivity contribution in [1.82, 2.24) is 5.32 Å². The summed E-state index contributed by atoms with van der Waals surface area (Å²) >= 11 is 5.82. The number of anilines is 1. The van der Waals surface area contributed by atoms with Crippen molar-refractivity contribution in [3.05, 3.63) is 53.1 Å². The number of nitrogens with zero attached hydrogens (tertiary/aromatic N) is 1. The van der Waals surface area contributed by atoms with Gasteiger partial charge in [-0.1, -0.05) is 23.7 Å². The number of carbonyl (C=O) groups excluding carboxylic acids is 3. The van der Waals surface area contributed by atoms with E-state index < -0.39 is 24.6 Å². The number of phenols is 1. The summed E-state index contributed by atoms with van der Waals surface area (Å²) in [6, 6.07) is 10.7. The lowest BCUT2D eigenvalue weighted by molar-refractivity contribution is -0.128. The summed E-state index contributed by atoms with van der Waals surface area (Å²) < 4.78 is 10.7. The molecule has 1 heterocycles. The molecule has 1 aliphatic rings. The van der Waals surface area contributed by atoms with Crippen LogP contribution in [0.25, 0.3) is 0 Å². The molecule has 8 nitrogen and oxygen atoms in total. The summed E-state index contributed by atoms with van der Waals surface area (Å²) in [6.45, 7) is -0.616. The fraction of sp³-hybridized carbons (Fsp3) is 0.211. The average molecular weight is 405 g/mol. The van der Waals surface area contributed by atoms with E-state index >= 15 is 0 Å². The molecular formula is C19H17ClN2O6. The first-order valence-corrected chi connectivity index (χ1v) is 8.71. The van der Waals surface area contributed by atoms with E-state index in [1.165, 1.54) is 30.1 Å². The van der Waals surface area contributed by atoms with Crippen molar-refractivity contribution in [3.63, 3.8) is 0 Å². The standard InChI is InChI=1S/C19H17ClN2O6/c1-21-18(25)16-9-22(13-4-2-3-5-15(13)28-16)17(24)10-27-19(26)12-8-11(20)6-7-14(12)23/h2-8,16,23H,9-10H2,1H3,(H,21,25). The van der Waals surface area contributed by atoms with Crippen LogP contribution in [0.15, 0.2) is 42.5 Å². The lowest BCUT2D eigenvalue weighted by atomic mass is 10.1. The van der Waals surface area contributed by atoms with Crippen molar-refractivity contribution in [2.75, 3.05) is 25.1 Å². The van der Waals surface area contributed by atoms with Gasteiger partial charge >= 0.3 is 5.97 Å². The molecule has 0 saturated carbocycles. The van der Waals surface area contributed by atoms with Crippen LogP contribution in [0.4, 0.5) is 5.69 Å². The first kappa shape index (κ1) is 19.5. The molecule has 146 valence electrons. The molecule has 0 spiro atoms. The van der Waals surface area contributed by atoms with E-state index in [-0.39, 0.29) is 28.8 Å². The Balaban J connectivity index is 1.75. The van der Waals surface area contributed by atoms with Crippen molar-refractivity contribution >= 4 is 35.1 Å². The van der Waals surface area contributed by atoms with Crippen LogP contribution >= 0.6 is 11.6 Å². The highest BCUT2D eigenvalue weighted by Gasteiger charge is 2.33. The molecule has 0 aromatic heterocycles. The predicted molar refractivity (Wildman–Crippen MR) is 101 cm³/mol. The molecule has 2 aromatic carbocycles. The summed E-state index contributed by atoms with van der Waals surface area (Å²) in [5.41, 5.74) is 0.320. The van der Waals surface area contributed by atoms with Gasteiger partial charge in [0.25, 0.3) is 11.8 Å². The predicted octanol–water partition coefficient (Wildman–Crippen LogP) is 1.74. The Kier molecular flexibility index (Phi) is 5.70. The second-order valence-corrected chi connectivity index (χ2v) is 6.37. The highest BCUT2D eigenvalue weighted by molar-refractivity contribution is 6.31. The molecule has 9 heteroatoms. The Labute approximate surface area is 165 Å². The van der Waals surface area contributed by atoms with Crippen LogP contribution in [0.1, 0.15) is 10.4 Å². The number of fused-ring (bicyclic) bond motifs is 1. The van der Waals surface area contributed by atoms with Gasteiger partial charge in [0.15, 0.2) is 12.7 Å².